The van der Waals surface area contributed by atoms with Crippen molar-refractivity contribution in [1.29, 1.82) is 0 Å². The third kappa shape index (κ3) is 1.87. The molecule has 0 unspecified atom stereocenters. The fraction of sp³-hybridized carbons (Fsp3) is 0.417. The van der Waals surface area contributed by atoms with Gasteiger partial charge in [0, 0.05) is 24.4 Å². The van der Waals surface area contributed by atoms with Gasteiger partial charge in [0.2, 0.25) is 0 Å². The van der Waals surface area contributed by atoms with Crippen LogP contribution in [0.15, 0.2) is 18.2 Å². The summed E-state index contributed by atoms with van der Waals surface area (Å²) in [6.45, 7) is 0. The van der Waals surface area contributed by atoms with Gasteiger partial charge in [-0.1, -0.05) is 6.07 Å². The zero-order valence-electron chi connectivity index (χ0n) is 10.3. The van der Waals surface area contributed by atoms with Gasteiger partial charge in [0.1, 0.15) is 11.4 Å². The molecule has 0 aromatic heterocycles. The Hall–Kier alpha value is -1.59. The maximum absolute atomic E-state index is 11.6. The minimum Gasteiger partial charge on any atom is -0.426 e. The molecule has 0 amide bonds. The van der Waals surface area contributed by atoms with Gasteiger partial charge in [0.05, 0.1) is 6.42 Å². The van der Waals surface area contributed by atoms with Crippen LogP contribution in [0.4, 0.5) is 5.69 Å². The van der Waals surface area contributed by atoms with Crippen LogP contribution in [0.5, 0.6) is 5.75 Å². The summed E-state index contributed by atoms with van der Waals surface area (Å²) in [5, 5.41) is 9.34. The molecule has 2 rings (SSSR count). The highest BCUT2D eigenvalue weighted by molar-refractivity contribution is 5.78. The number of hydrogen-bond donors (Lipinski definition) is 3. The van der Waals surface area contributed by atoms with E-state index in [2.05, 4.69) is 16.0 Å². The Morgan fingerprint density at radius 3 is 2.53 bits per heavy atom. The van der Waals surface area contributed by atoms with Gasteiger partial charge < -0.3 is 10.1 Å². The van der Waals surface area contributed by atoms with Crippen LogP contribution in [0.1, 0.15) is 12.0 Å². The van der Waals surface area contributed by atoms with Crippen molar-refractivity contribution in [3.05, 3.63) is 23.8 Å². The molecule has 1 aromatic carbocycles. The molecule has 0 fully saturated rings. The first-order valence-corrected chi connectivity index (χ1v) is 5.56. The van der Waals surface area contributed by atoms with Gasteiger partial charge in [-0.25, -0.2) is 0 Å². The average Bonchev–Trinajstić information content (AvgIpc) is 2.36. The van der Waals surface area contributed by atoms with Gasteiger partial charge in [0.15, 0.2) is 0 Å². The van der Waals surface area contributed by atoms with E-state index < -0.39 is 5.66 Å². The molecule has 5 nitrogen and oxygen atoms in total. The lowest BCUT2D eigenvalue weighted by atomic mass is 9.92. The average molecular weight is 235 g/mol. The summed E-state index contributed by atoms with van der Waals surface area (Å²) in [5.41, 5.74) is 1.32. The summed E-state index contributed by atoms with van der Waals surface area (Å²) in [7, 11) is 5.48. The van der Waals surface area contributed by atoms with Crippen molar-refractivity contribution >= 4 is 11.7 Å². The van der Waals surface area contributed by atoms with Gasteiger partial charge in [-0.15, -0.1) is 0 Å². The maximum Gasteiger partial charge on any atom is 0.314 e. The molecule has 0 atom stereocenters. The summed E-state index contributed by atoms with van der Waals surface area (Å²) < 4.78 is 5.27. The number of carbonyl (C=O) groups is 1. The molecule has 3 N–H and O–H groups in total. The zero-order valence-corrected chi connectivity index (χ0v) is 10.3. The van der Waals surface area contributed by atoms with Crippen LogP contribution in [0.3, 0.4) is 0 Å². The Labute approximate surface area is 101 Å². The van der Waals surface area contributed by atoms with E-state index >= 15 is 0 Å². The number of nitrogens with one attached hydrogen (secondary N) is 3. The fourth-order valence-electron chi connectivity index (χ4n) is 2.16. The minimum absolute atomic E-state index is 0.241. The molecule has 0 saturated heterocycles. The number of carbonyl (C=O) groups excluding carboxylic acids is 1. The monoisotopic (exact) mass is 235 g/mol. The van der Waals surface area contributed by atoms with E-state index in [9.17, 15) is 4.79 Å². The third-order valence-corrected chi connectivity index (χ3v) is 3.22. The second-order valence-electron chi connectivity index (χ2n) is 4.02. The van der Waals surface area contributed by atoms with Crippen molar-refractivity contribution in [1.82, 2.24) is 10.6 Å². The Morgan fingerprint density at radius 1 is 1.24 bits per heavy atom. The predicted octanol–water partition coefficient (Wildman–Crippen LogP) is 0.629. The van der Waals surface area contributed by atoms with Gasteiger partial charge in [-0.05, 0) is 20.2 Å². The van der Waals surface area contributed by atoms with E-state index in [1.54, 1.807) is 0 Å². The lowest BCUT2D eigenvalue weighted by Crippen LogP contribution is -2.54. The molecule has 92 valence electrons. The lowest BCUT2D eigenvalue weighted by molar-refractivity contribution is -0.138. The first-order chi connectivity index (χ1) is 8.15. The molecule has 0 radical (unpaired) electrons. The van der Waals surface area contributed by atoms with Crippen LogP contribution in [0, 0.1) is 0 Å². The minimum atomic E-state index is -0.545. The number of esters is 1. The van der Waals surface area contributed by atoms with Gasteiger partial charge >= 0.3 is 5.97 Å². The Morgan fingerprint density at radius 2 is 1.94 bits per heavy atom. The van der Waals surface area contributed by atoms with Crippen molar-refractivity contribution < 1.29 is 9.53 Å². The molecular formula is C12H17N3O2. The molecule has 1 heterocycles. The van der Waals surface area contributed by atoms with Crippen molar-refractivity contribution in [2.75, 3.05) is 26.5 Å². The molecule has 5 heteroatoms. The maximum atomic E-state index is 11.6. The zero-order chi connectivity index (χ0) is 12.5. The van der Waals surface area contributed by atoms with Crippen molar-refractivity contribution in [3.8, 4) is 5.75 Å². The fourth-order valence-corrected chi connectivity index (χ4v) is 2.16. The molecule has 0 bridgehead atoms. The number of ether oxygens (including phenoxy) is 1. The summed E-state index contributed by atoms with van der Waals surface area (Å²) in [6.07, 6.45) is 0.270. The van der Waals surface area contributed by atoms with E-state index in [4.69, 9.17) is 4.74 Å². The van der Waals surface area contributed by atoms with Crippen molar-refractivity contribution in [2.24, 2.45) is 0 Å². The van der Waals surface area contributed by atoms with E-state index in [1.807, 2.05) is 39.3 Å². The van der Waals surface area contributed by atoms with Crippen LogP contribution >= 0.6 is 0 Å². The van der Waals surface area contributed by atoms with Crippen LogP contribution < -0.4 is 20.7 Å². The largest absolute Gasteiger partial charge is 0.426 e. The topological polar surface area (TPSA) is 62.4 Å². The molecule has 1 aliphatic rings. The van der Waals surface area contributed by atoms with Crippen LogP contribution in [-0.2, 0) is 10.5 Å². The second-order valence-corrected chi connectivity index (χ2v) is 4.02. The number of rotatable bonds is 3. The summed E-state index contributed by atoms with van der Waals surface area (Å²) in [5.74, 6) is 0.353. The number of benzene rings is 1. The second kappa shape index (κ2) is 4.35. The molecule has 1 aliphatic heterocycles. The van der Waals surface area contributed by atoms with Gasteiger partial charge in [-0.3, -0.25) is 15.4 Å². The lowest BCUT2D eigenvalue weighted by Gasteiger charge is -2.37. The first-order valence-electron chi connectivity index (χ1n) is 5.56. The number of hydrogen-bond acceptors (Lipinski definition) is 5. The SMILES string of the molecule is CNc1ccc2c(c1)OC(=O)CC2(NC)NC. The Bertz CT molecular complexity index is 441. The first kappa shape index (κ1) is 11.9. The summed E-state index contributed by atoms with van der Waals surface area (Å²) in [6, 6.07) is 5.75. The third-order valence-electron chi connectivity index (χ3n) is 3.22. The van der Waals surface area contributed by atoms with E-state index in [0.717, 1.165) is 11.3 Å². The molecule has 0 aliphatic carbocycles. The van der Waals surface area contributed by atoms with Crippen molar-refractivity contribution in [3.63, 3.8) is 0 Å². The van der Waals surface area contributed by atoms with Crippen LogP contribution in [-0.4, -0.2) is 27.1 Å². The quantitative estimate of drug-likeness (QED) is 0.407. The highest BCUT2D eigenvalue weighted by atomic mass is 16.5. The molecule has 0 saturated carbocycles. The van der Waals surface area contributed by atoms with Gasteiger partial charge in [0.25, 0.3) is 0 Å². The number of fused-ring (bicyclic) bond motifs is 1. The molecular weight excluding hydrogens is 218 g/mol. The Kier molecular flexibility index (Phi) is 3.04. The summed E-state index contributed by atoms with van der Waals surface area (Å²) >= 11 is 0. The van der Waals surface area contributed by atoms with E-state index in [-0.39, 0.29) is 12.4 Å². The molecule has 17 heavy (non-hydrogen) atoms. The van der Waals surface area contributed by atoms with Crippen molar-refractivity contribution in [2.45, 2.75) is 12.1 Å². The summed E-state index contributed by atoms with van der Waals surface area (Å²) in [4.78, 5) is 11.6. The highest BCUT2D eigenvalue weighted by Gasteiger charge is 2.39. The highest BCUT2D eigenvalue weighted by Crippen LogP contribution is 2.36. The standard InChI is InChI=1S/C12H17N3O2/c1-13-8-4-5-9-10(6-8)17-11(16)7-12(9,14-2)15-3/h4-6,13-15H,7H2,1-3H3. The van der Waals surface area contributed by atoms with E-state index in [0.29, 0.717) is 5.75 Å². The smallest absolute Gasteiger partial charge is 0.314 e. The number of anilines is 1. The van der Waals surface area contributed by atoms with Crippen LogP contribution in [0.25, 0.3) is 0 Å². The normalized spacial score (nSPS) is 17.2. The Balaban J connectivity index is 2.54. The van der Waals surface area contributed by atoms with E-state index in [1.165, 1.54) is 0 Å². The molecule has 0 spiro atoms. The van der Waals surface area contributed by atoms with Crippen LogP contribution in [0.2, 0.25) is 0 Å². The van der Waals surface area contributed by atoms with Gasteiger partial charge in [-0.2, -0.15) is 0 Å². The molecule has 1 aromatic rings. The predicted molar refractivity (Wildman–Crippen MR) is 66.0 cm³/mol.